The second-order valence-corrected chi connectivity index (χ2v) is 8.49. The first-order valence-electron chi connectivity index (χ1n) is 9.88. The first-order valence-corrected chi connectivity index (χ1v) is 10.8. The molecule has 5 nitrogen and oxygen atoms in total. The number of nitrogens with zero attached hydrogens (tertiary/aromatic N) is 2. The number of nitrogens with one attached hydrogen (secondary N) is 1. The van der Waals surface area contributed by atoms with Crippen molar-refractivity contribution in [1.82, 2.24) is 15.2 Å². The van der Waals surface area contributed by atoms with Gasteiger partial charge in [0.1, 0.15) is 16.5 Å². The van der Waals surface area contributed by atoms with Gasteiger partial charge in [0.15, 0.2) is 0 Å². The van der Waals surface area contributed by atoms with Gasteiger partial charge < -0.3 is 15.0 Å². The first-order chi connectivity index (χ1) is 13.2. The van der Waals surface area contributed by atoms with Crippen LogP contribution in [0.5, 0.6) is 5.75 Å². The fourth-order valence-electron chi connectivity index (χ4n) is 3.99. The number of ether oxygens (including phenoxy) is 1. The molecule has 2 aliphatic rings. The van der Waals surface area contributed by atoms with Gasteiger partial charge in [-0.25, -0.2) is 4.98 Å². The molecule has 2 saturated heterocycles. The molecule has 0 bridgehead atoms. The van der Waals surface area contributed by atoms with Gasteiger partial charge in [-0.15, -0.1) is 11.3 Å². The molecule has 0 unspecified atom stereocenters. The van der Waals surface area contributed by atoms with E-state index >= 15 is 0 Å². The van der Waals surface area contributed by atoms with Crippen molar-refractivity contribution in [3.8, 4) is 16.3 Å². The van der Waals surface area contributed by atoms with Gasteiger partial charge in [-0.2, -0.15) is 0 Å². The van der Waals surface area contributed by atoms with Crippen LogP contribution >= 0.6 is 11.3 Å². The number of amides is 1. The third kappa shape index (κ3) is 4.01. The van der Waals surface area contributed by atoms with Gasteiger partial charge in [0, 0.05) is 30.6 Å². The topological polar surface area (TPSA) is 54.5 Å². The van der Waals surface area contributed by atoms with E-state index in [0.29, 0.717) is 11.1 Å². The smallest absolute Gasteiger partial charge is 0.273 e. The molecular formula is C21H27N3O2S. The van der Waals surface area contributed by atoms with Crippen molar-refractivity contribution in [3.63, 3.8) is 0 Å². The third-order valence-electron chi connectivity index (χ3n) is 5.74. The number of aromatic nitrogens is 1. The Bertz CT molecular complexity index is 771. The number of carbonyl (C=O) groups is 1. The molecule has 2 aliphatic heterocycles. The van der Waals surface area contributed by atoms with Gasteiger partial charge in [0.2, 0.25) is 0 Å². The maximum absolute atomic E-state index is 12.9. The Hall–Kier alpha value is -1.92. The van der Waals surface area contributed by atoms with Crippen molar-refractivity contribution in [2.75, 3.05) is 32.8 Å². The zero-order valence-electron chi connectivity index (χ0n) is 15.9. The van der Waals surface area contributed by atoms with Gasteiger partial charge in [-0.05, 0) is 61.9 Å². The van der Waals surface area contributed by atoms with Crippen molar-refractivity contribution in [3.05, 3.63) is 35.3 Å². The number of thiazole rings is 1. The minimum atomic E-state index is 0.0706. The monoisotopic (exact) mass is 385 g/mol. The number of hydrogen-bond acceptors (Lipinski definition) is 5. The van der Waals surface area contributed by atoms with Crippen LogP contribution in [-0.4, -0.2) is 48.6 Å². The Labute approximate surface area is 164 Å². The van der Waals surface area contributed by atoms with E-state index in [9.17, 15) is 4.79 Å². The Kier molecular flexibility index (Phi) is 5.45. The predicted octanol–water partition coefficient (Wildman–Crippen LogP) is 3.81. The first kappa shape index (κ1) is 18.4. The molecular weight excluding hydrogens is 358 g/mol. The van der Waals surface area contributed by atoms with Gasteiger partial charge >= 0.3 is 0 Å². The molecule has 0 atom stereocenters. The molecule has 1 aromatic carbocycles. The predicted molar refractivity (Wildman–Crippen MR) is 108 cm³/mol. The molecule has 27 heavy (non-hydrogen) atoms. The summed E-state index contributed by atoms with van der Waals surface area (Å²) >= 11 is 1.53. The van der Waals surface area contributed by atoms with E-state index in [0.717, 1.165) is 68.4 Å². The lowest BCUT2D eigenvalue weighted by Crippen LogP contribution is -2.44. The molecule has 1 aromatic heterocycles. The van der Waals surface area contributed by atoms with Crippen LogP contribution in [0.15, 0.2) is 29.6 Å². The average molecular weight is 386 g/mol. The molecule has 6 heteroatoms. The van der Waals surface area contributed by atoms with E-state index in [-0.39, 0.29) is 5.91 Å². The largest absolute Gasteiger partial charge is 0.494 e. The van der Waals surface area contributed by atoms with Crippen molar-refractivity contribution in [2.24, 2.45) is 5.41 Å². The molecule has 1 amide bonds. The average Bonchev–Trinajstić information content (AvgIpc) is 3.37. The second-order valence-electron chi connectivity index (χ2n) is 7.63. The molecule has 2 aromatic rings. The van der Waals surface area contributed by atoms with Crippen molar-refractivity contribution in [2.45, 2.75) is 32.6 Å². The standard InChI is InChI=1S/C21H27N3O2S/c1-2-13-26-17-5-3-16(4-6-17)19-23-18(14-27-19)20(25)24-11-8-21(9-12-24)7-10-22-15-21/h3-6,14,22H,2,7-13,15H2,1H3. The number of carbonyl (C=O) groups excluding carboxylic acids is 1. The molecule has 4 rings (SSSR count). The van der Waals surface area contributed by atoms with Crippen LogP contribution in [-0.2, 0) is 0 Å². The zero-order chi connectivity index (χ0) is 18.7. The van der Waals surface area contributed by atoms with Crippen molar-refractivity contribution >= 4 is 17.2 Å². The highest BCUT2D eigenvalue weighted by Crippen LogP contribution is 2.37. The van der Waals surface area contributed by atoms with Crippen LogP contribution in [0.3, 0.4) is 0 Å². The maximum Gasteiger partial charge on any atom is 0.273 e. The van der Waals surface area contributed by atoms with E-state index < -0.39 is 0 Å². The number of piperidine rings is 1. The van der Waals surface area contributed by atoms with Crippen molar-refractivity contribution < 1.29 is 9.53 Å². The SMILES string of the molecule is CCCOc1ccc(-c2nc(C(=O)N3CCC4(CCNC4)CC3)cs2)cc1. The van der Waals surface area contributed by atoms with Gasteiger partial charge in [-0.3, -0.25) is 4.79 Å². The molecule has 1 spiro atoms. The summed E-state index contributed by atoms with van der Waals surface area (Å²) in [7, 11) is 0. The maximum atomic E-state index is 12.9. The molecule has 3 heterocycles. The lowest BCUT2D eigenvalue weighted by molar-refractivity contribution is 0.0603. The number of likely N-dealkylation sites (tertiary alicyclic amines) is 1. The van der Waals surface area contributed by atoms with E-state index in [1.165, 1.54) is 17.8 Å². The third-order valence-corrected chi connectivity index (χ3v) is 6.63. The Morgan fingerprint density at radius 1 is 1.26 bits per heavy atom. The Morgan fingerprint density at radius 2 is 2.04 bits per heavy atom. The number of benzene rings is 1. The van der Waals surface area contributed by atoms with E-state index in [2.05, 4.69) is 17.2 Å². The summed E-state index contributed by atoms with van der Waals surface area (Å²) in [6.45, 7) is 6.73. The Morgan fingerprint density at radius 3 is 2.70 bits per heavy atom. The molecule has 144 valence electrons. The highest BCUT2D eigenvalue weighted by atomic mass is 32.1. The highest BCUT2D eigenvalue weighted by molar-refractivity contribution is 7.13. The fraction of sp³-hybridized carbons (Fsp3) is 0.524. The minimum absolute atomic E-state index is 0.0706. The number of hydrogen-bond donors (Lipinski definition) is 1. The molecule has 0 saturated carbocycles. The van der Waals surface area contributed by atoms with Gasteiger partial charge in [0.25, 0.3) is 5.91 Å². The summed E-state index contributed by atoms with van der Waals surface area (Å²) in [4.78, 5) is 19.4. The van der Waals surface area contributed by atoms with Crippen LogP contribution in [0, 0.1) is 5.41 Å². The minimum Gasteiger partial charge on any atom is -0.494 e. The summed E-state index contributed by atoms with van der Waals surface area (Å²) in [5, 5.41) is 6.24. The van der Waals surface area contributed by atoms with Crippen LogP contribution in [0.25, 0.3) is 10.6 Å². The van der Waals surface area contributed by atoms with Gasteiger partial charge in [0.05, 0.1) is 6.61 Å². The Balaban J connectivity index is 1.39. The quantitative estimate of drug-likeness (QED) is 0.850. The zero-order valence-corrected chi connectivity index (χ0v) is 16.7. The van der Waals surface area contributed by atoms with E-state index in [1.807, 2.05) is 34.5 Å². The normalized spacial score (nSPS) is 18.8. The van der Waals surface area contributed by atoms with E-state index in [1.54, 1.807) is 0 Å². The lowest BCUT2D eigenvalue weighted by atomic mass is 9.78. The summed E-state index contributed by atoms with van der Waals surface area (Å²) in [5.74, 6) is 0.943. The lowest BCUT2D eigenvalue weighted by Gasteiger charge is -2.38. The summed E-state index contributed by atoms with van der Waals surface area (Å²) < 4.78 is 5.63. The molecule has 0 aliphatic carbocycles. The van der Waals surface area contributed by atoms with E-state index in [4.69, 9.17) is 4.74 Å². The van der Waals surface area contributed by atoms with Crippen LogP contribution in [0.1, 0.15) is 43.1 Å². The molecule has 2 fully saturated rings. The summed E-state index contributed by atoms with van der Waals surface area (Å²) in [5.41, 5.74) is 2.02. The number of rotatable bonds is 5. The van der Waals surface area contributed by atoms with Crippen LogP contribution in [0.2, 0.25) is 0 Å². The van der Waals surface area contributed by atoms with Gasteiger partial charge in [-0.1, -0.05) is 6.92 Å². The molecule has 1 N–H and O–H groups in total. The summed E-state index contributed by atoms with van der Waals surface area (Å²) in [6.07, 6.45) is 4.44. The molecule has 0 radical (unpaired) electrons. The highest BCUT2D eigenvalue weighted by Gasteiger charge is 2.38. The van der Waals surface area contributed by atoms with Crippen LogP contribution in [0.4, 0.5) is 0 Å². The van der Waals surface area contributed by atoms with Crippen LogP contribution < -0.4 is 10.1 Å². The summed E-state index contributed by atoms with van der Waals surface area (Å²) in [6, 6.07) is 7.95. The fourth-order valence-corrected chi connectivity index (χ4v) is 4.79. The van der Waals surface area contributed by atoms with Crippen molar-refractivity contribution in [1.29, 1.82) is 0 Å². The second kappa shape index (κ2) is 7.98.